The van der Waals surface area contributed by atoms with Crippen LogP contribution in [-0.4, -0.2) is 24.0 Å². The molecule has 4 heteroatoms. The number of hydrogen-bond acceptors (Lipinski definition) is 3. The van der Waals surface area contributed by atoms with Crippen molar-refractivity contribution in [3.05, 3.63) is 89.1 Å². The molecule has 4 nitrogen and oxygen atoms in total. The zero-order valence-electron chi connectivity index (χ0n) is 15.1. The molecule has 134 valence electrons. The van der Waals surface area contributed by atoms with Gasteiger partial charge < -0.3 is 9.80 Å². The zero-order chi connectivity index (χ0) is 18.2. The van der Waals surface area contributed by atoms with E-state index >= 15 is 0 Å². The molecule has 0 atom stereocenters. The number of aromatic nitrogens is 1. The summed E-state index contributed by atoms with van der Waals surface area (Å²) in [6, 6.07) is 22.5. The average Bonchev–Trinajstić information content (AvgIpc) is 3.17. The monoisotopic (exact) mass is 355 g/mol. The number of benzene rings is 2. The van der Waals surface area contributed by atoms with Gasteiger partial charge in [-0.05, 0) is 47.7 Å². The Morgan fingerprint density at radius 1 is 0.778 bits per heavy atom. The van der Waals surface area contributed by atoms with Crippen LogP contribution in [0.1, 0.15) is 27.2 Å². The molecule has 0 unspecified atom stereocenters. The van der Waals surface area contributed by atoms with Crippen LogP contribution in [0.4, 0.5) is 11.5 Å². The number of anilines is 2. The van der Waals surface area contributed by atoms with E-state index in [1.807, 2.05) is 41.3 Å². The van der Waals surface area contributed by atoms with Crippen molar-refractivity contribution in [2.45, 2.75) is 19.4 Å². The van der Waals surface area contributed by atoms with Crippen LogP contribution in [-0.2, 0) is 19.4 Å². The first-order valence-corrected chi connectivity index (χ1v) is 9.48. The fourth-order valence-corrected chi connectivity index (χ4v) is 4.10. The van der Waals surface area contributed by atoms with E-state index in [1.165, 1.54) is 16.7 Å². The maximum atomic E-state index is 13.1. The smallest absolute Gasteiger partial charge is 0.276 e. The first-order chi connectivity index (χ1) is 13.3. The molecule has 0 radical (unpaired) electrons. The summed E-state index contributed by atoms with van der Waals surface area (Å²) in [5, 5.41) is 0. The van der Waals surface area contributed by atoms with Gasteiger partial charge in [0.25, 0.3) is 5.91 Å². The van der Waals surface area contributed by atoms with Crippen molar-refractivity contribution in [1.29, 1.82) is 0 Å². The van der Waals surface area contributed by atoms with Crippen LogP contribution >= 0.6 is 0 Å². The number of nitrogens with zero attached hydrogens (tertiary/aromatic N) is 3. The molecule has 2 aliphatic heterocycles. The zero-order valence-corrected chi connectivity index (χ0v) is 15.1. The Labute approximate surface area is 159 Å². The number of pyridine rings is 1. The molecule has 0 fully saturated rings. The van der Waals surface area contributed by atoms with Crippen LogP contribution in [0.2, 0.25) is 0 Å². The first-order valence-electron chi connectivity index (χ1n) is 9.48. The summed E-state index contributed by atoms with van der Waals surface area (Å²) in [6.45, 7) is 2.49. The predicted molar refractivity (Wildman–Crippen MR) is 107 cm³/mol. The van der Waals surface area contributed by atoms with Crippen LogP contribution in [0.5, 0.6) is 0 Å². The fourth-order valence-electron chi connectivity index (χ4n) is 4.10. The van der Waals surface area contributed by atoms with Crippen molar-refractivity contribution in [2.24, 2.45) is 0 Å². The second-order valence-electron chi connectivity index (χ2n) is 7.16. The van der Waals surface area contributed by atoms with Gasteiger partial charge in [-0.15, -0.1) is 0 Å². The Balaban J connectivity index is 1.41. The molecule has 3 heterocycles. The largest absolute Gasteiger partial charge is 0.352 e. The van der Waals surface area contributed by atoms with E-state index in [2.05, 4.69) is 35.2 Å². The van der Waals surface area contributed by atoms with Crippen LogP contribution in [0.25, 0.3) is 0 Å². The second kappa shape index (κ2) is 6.54. The van der Waals surface area contributed by atoms with Crippen LogP contribution < -0.4 is 9.80 Å². The highest BCUT2D eigenvalue weighted by Gasteiger charge is 2.26. The van der Waals surface area contributed by atoms with E-state index in [-0.39, 0.29) is 5.91 Å². The SMILES string of the molecule is O=C(c1cccc(N2CCc3ccccc3C2)n1)N1CCc2ccccc21. The third-order valence-electron chi connectivity index (χ3n) is 5.54. The Bertz CT molecular complexity index is 1010. The van der Waals surface area contributed by atoms with Gasteiger partial charge in [-0.3, -0.25) is 4.79 Å². The molecule has 0 spiro atoms. The van der Waals surface area contributed by atoms with E-state index < -0.39 is 0 Å². The van der Waals surface area contributed by atoms with Crippen molar-refractivity contribution in [3.8, 4) is 0 Å². The van der Waals surface area contributed by atoms with Gasteiger partial charge in [-0.25, -0.2) is 4.98 Å². The number of amides is 1. The van der Waals surface area contributed by atoms with E-state index in [4.69, 9.17) is 4.98 Å². The molecule has 0 N–H and O–H groups in total. The number of carbonyl (C=O) groups is 1. The predicted octanol–water partition coefficient (Wildman–Crippen LogP) is 3.85. The van der Waals surface area contributed by atoms with Crippen molar-refractivity contribution in [1.82, 2.24) is 4.98 Å². The van der Waals surface area contributed by atoms with Gasteiger partial charge in [0.15, 0.2) is 0 Å². The Kier molecular flexibility index (Phi) is 3.89. The molecule has 1 amide bonds. The van der Waals surface area contributed by atoms with E-state index in [1.54, 1.807) is 0 Å². The Hall–Kier alpha value is -3.14. The van der Waals surface area contributed by atoms with Crippen molar-refractivity contribution >= 4 is 17.4 Å². The van der Waals surface area contributed by atoms with Crippen molar-refractivity contribution in [3.63, 3.8) is 0 Å². The van der Waals surface area contributed by atoms with Gasteiger partial charge in [0, 0.05) is 25.3 Å². The third-order valence-corrected chi connectivity index (χ3v) is 5.54. The van der Waals surface area contributed by atoms with E-state index in [9.17, 15) is 4.79 Å². The van der Waals surface area contributed by atoms with Gasteiger partial charge in [-0.1, -0.05) is 48.5 Å². The average molecular weight is 355 g/mol. The normalized spacial score (nSPS) is 15.4. The van der Waals surface area contributed by atoms with Crippen LogP contribution in [0.15, 0.2) is 66.7 Å². The molecule has 5 rings (SSSR count). The number of carbonyl (C=O) groups excluding carboxylic acids is 1. The molecule has 1 aromatic heterocycles. The lowest BCUT2D eigenvalue weighted by atomic mass is 10.00. The molecule has 2 aliphatic rings. The molecular weight excluding hydrogens is 334 g/mol. The number of rotatable bonds is 2. The van der Waals surface area contributed by atoms with Gasteiger partial charge >= 0.3 is 0 Å². The molecule has 2 aromatic carbocycles. The fraction of sp³-hybridized carbons (Fsp3) is 0.217. The van der Waals surface area contributed by atoms with E-state index in [0.717, 1.165) is 44.0 Å². The molecule has 0 saturated carbocycles. The summed E-state index contributed by atoms with van der Waals surface area (Å²) in [5.41, 5.74) is 5.52. The lowest BCUT2D eigenvalue weighted by Crippen LogP contribution is -2.33. The summed E-state index contributed by atoms with van der Waals surface area (Å²) in [6.07, 6.45) is 1.92. The van der Waals surface area contributed by atoms with E-state index in [0.29, 0.717) is 5.69 Å². The van der Waals surface area contributed by atoms with Crippen LogP contribution in [0.3, 0.4) is 0 Å². The van der Waals surface area contributed by atoms with Crippen molar-refractivity contribution in [2.75, 3.05) is 22.9 Å². The minimum atomic E-state index is -0.0146. The molecule has 0 aliphatic carbocycles. The molecule has 3 aromatic rings. The molecule has 0 saturated heterocycles. The Morgan fingerprint density at radius 3 is 2.41 bits per heavy atom. The number of fused-ring (bicyclic) bond motifs is 2. The summed E-state index contributed by atoms with van der Waals surface area (Å²) < 4.78 is 0. The van der Waals surface area contributed by atoms with Gasteiger partial charge in [0.1, 0.15) is 11.5 Å². The lowest BCUT2D eigenvalue weighted by molar-refractivity contribution is 0.0984. The standard InChI is InChI=1S/C23H21N3O/c27-23(26-15-13-18-7-3-4-10-21(18)26)20-9-5-11-22(24-20)25-14-12-17-6-1-2-8-19(17)16-25/h1-11H,12-16H2. The lowest BCUT2D eigenvalue weighted by Gasteiger charge is -2.30. The topological polar surface area (TPSA) is 36.4 Å². The van der Waals surface area contributed by atoms with Gasteiger partial charge in [0.2, 0.25) is 0 Å². The quantitative estimate of drug-likeness (QED) is 0.701. The molecule has 27 heavy (non-hydrogen) atoms. The second-order valence-corrected chi connectivity index (χ2v) is 7.16. The van der Waals surface area contributed by atoms with Crippen LogP contribution in [0, 0.1) is 0 Å². The highest BCUT2D eigenvalue weighted by molar-refractivity contribution is 6.06. The van der Waals surface area contributed by atoms with Gasteiger partial charge in [0.05, 0.1) is 0 Å². The number of para-hydroxylation sites is 1. The molecule has 0 bridgehead atoms. The maximum Gasteiger partial charge on any atom is 0.276 e. The summed E-state index contributed by atoms with van der Waals surface area (Å²) in [7, 11) is 0. The molecular formula is C23H21N3O. The minimum Gasteiger partial charge on any atom is -0.352 e. The summed E-state index contributed by atoms with van der Waals surface area (Å²) in [5.74, 6) is 0.863. The highest BCUT2D eigenvalue weighted by atomic mass is 16.2. The van der Waals surface area contributed by atoms with Crippen molar-refractivity contribution < 1.29 is 4.79 Å². The third kappa shape index (κ3) is 2.87. The highest BCUT2D eigenvalue weighted by Crippen LogP contribution is 2.29. The Morgan fingerprint density at radius 2 is 1.52 bits per heavy atom. The first kappa shape index (κ1) is 16.1. The minimum absolute atomic E-state index is 0.0146. The number of hydrogen-bond donors (Lipinski definition) is 0. The van der Waals surface area contributed by atoms with Gasteiger partial charge in [-0.2, -0.15) is 0 Å². The maximum absolute atomic E-state index is 13.1. The summed E-state index contributed by atoms with van der Waals surface area (Å²) >= 11 is 0. The summed E-state index contributed by atoms with van der Waals surface area (Å²) in [4.78, 5) is 21.9.